The van der Waals surface area contributed by atoms with Crippen molar-refractivity contribution in [2.45, 2.75) is 32.7 Å². The van der Waals surface area contributed by atoms with Crippen molar-refractivity contribution in [2.75, 3.05) is 6.54 Å². The Balaban J connectivity index is 1.70. The largest absolute Gasteiger partial charge is 0.328 e. The number of carbonyl (C=O) groups excluding carboxylic acids is 1. The molecule has 4 rings (SSSR count). The van der Waals surface area contributed by atoms with E-state index in [4.69, 9.17) is 0 Å². The first-order chi connectivity index (χ1) is 11.1. The first kappa shape index (κ1) is 14.4. The molecule has 1 aliphatic heterocycles. The van der Waals surface area contributed by atoms with E-state index in [-0.39, 0.29) is 11.9 Å². The maximum atomic E-state index is 12.9. The van der Waals surface area contributed by atoms with Crippen molar-refractivity contribution in [3.63, 3.8) is 0 Å². The molecule has 0 bridgehead atoms. The van der Waals surface area contributed by atoms with E-state index in [2.05, 4.69) is 24.0 Å². The van der Waals surface area contributed by atoms with Crippen LogP contribution in [0.5, 0.6) is 0 Å². The van der Waals surface area contributed by atoms with Gasteiger partial charge in [0, 0.05) is 17.6 Å². The Bertz CT molecular complexity index is 862. The lowest BCUT2D eigenvalue weighted by molar-refractivity contribution is 0.0734. The van der Waals surface area contributed by atoms with E-state index in [0.717, 1.165) is 35.7 Å². The number of aryl methyl sites for hydroxylation is 2. The minimum absolute atomic E-state index is 0.00242. The Morgan fingerprint density at radius 1 is 1.30 bits per heavy atom. The molecular weight excluding hydrogens is 308 g/mol. The average molecular weight is 326 g/mol. The summed E-state index contributed by atoms with van der Waals surface area (Å²) in [6, 6.07) is 7.85. The molecule has 0 aliphatic carbocycles. The number of aromatic nitrogens is 3. The van der Waals surface area contributed by atoms with Crippen LogP contribution < -0.4 is 0 Å². The number of hydrogen-bond donors (Lipinski definition) is 0. The Kier molecular flexibility index (Phi) is 3.41. The summed E-state index contributed by atoms with van der Waals surface area (Å²) < 4.78 is 1.99. The maximum Gasteiger partial charge on any atom is 0.264 e. The van der Waals surface area contributed by atoms with Gasteiger partial charge < -0.3 is 4.90 Å². The molecule has 1 atom stereocenters. The van der Waals surface area contributed by atoms with E-state index < -0.39 is 0 Å². The first-order valence-corrected chi connectivity index (χ1v) is 8.64. The number of thiophene rings is 1. The highest BCUT2D eigenvalue weighted by atomic mass is 32.1. The lowest BCUT2D eigenvalue weighted by atomic mass is 10.2. The lowest BCUT2D eigenvalue weighted by Crippen LogP contribution is -2.31. The summed E-state index contributed by atoms with van der Waals surface area (Å²) in [6.45, 7) is 4.89. The Labute approximate surface area is 138 Å². The van der Waals surface area contributed by atoms with Gasteiger partial charge in [0.1, 0.15) is 0 Å². The zero-order valence-electron chi connectivity index (χ0n) is 13.2. The number of fused-ring (bicyclic) bond motifs is 1. The number of carbonyl (C=O) groups is 1. The number of hydrogen-bond acceptors (Lipinski definition) is 4. The monoisotopic (exact) mass is 326 g/mol. The third kappa shape index (κ3) is 2.34. The smallest absolute Gasteiger partial charge is 0.264 e. The highest BCUT2D eigenvalue weighted by molar-refractivity contribution is 7.14. The molecule has 1 amide bonds. The van der Waals surface area contributed by atoms with Crippen LogP contribution in [0.2, 0.25) is 0 Å². The van der Waals surface area contributed by atoms with Crippen LogP contribution in [0.4, 0.5) is 0 Å². The molecule has 3 aromatic heterocycles. The van der Waals surface area contributed by atoms with Crippen molar-refractivity contribution < 1.29 is 4.79 Å². The van der Waals surface area contributed by atoms with Gasteiger partial charge in [-0.1, -0.05) is 6.07 Å². The minimum Gasteiger partial charge on any atom is -0.328 e. The third-order valence-electron chi connectivity index (χ3n) is 4.53. The molecule has 0 spiro atoms. The van der Waals surface area contributed by atoms with Crippen LogP contribution in [0.25, 0.3) is 5.65 Å². The summed E-state index contributed by atoms with van der Waals surface area (Å²) in [5, 5.41) is 8.57. The van der Waals surface area contributed by atoms with Crippen LogP contribution in [0.15, 0.2) is 30.5 Å². The summed E-state index contributed by atoms with van der Waals surface area (Å²) >= 11 is 1.58. The van der Waals surface area contributed by atoms with E-state index in [1.807, 2.05) is 39.8 Å². The summed E-state index contributed by atoms with van der Waals surface area (Å²) in [7, 11) is 0. The summed E-state index contributed by atoms with van der Waals surface area (Å²) in [6.07, 6.45) is 3.90. The van der Waals surface area contributed by atoms with Crippen LogP contribution in [0.1, 0.15) is 44.8 Å². The predicted octanol–water partition coefficient (Wildman–Crippen LogP) is 3.38. The zero-order chi connectivity index (χ0) is 16.0. The molecule has 118 valence electrons. The minimum atomic E-state index is 0.00242. The normalized spacial score (nSPS) is 18.0. The molecule has 1 fully saturated rings. The molecule has 0 N–H and O–H groups in total. The third-order valence-corrected chi connectivity index (χ3v) is 5.67. The number of amides is 1. The molecule has 0 saturated carbocycles. The van der Waals surface area contributed by atoms with Crippen LogP contribution in [-0.4, -0.2) is 31.9 Å². The van der Waals surface area contributed by atoms with Crippen molar-refractivity contribution in [1.29, 1.82) is 0 Å². The molecule has 23 heavy (non-hydrogen) atoms. The van der Waals surface area contributed by atoms with E-state index in [9.17, 15) is 4.79 Å². The molecular formula is C17H18N4OS. The molecule has 5 nitrogen and oxygen atoms in total. The number of pyridine rings is 1. The highest BCUT2D eigenvalue weighted by Gasteiger charge is 2.34. The second-order valence-electron chi connectivity index (χ2n) is 5.99. The molecule has 0 aromatic carbocycles. The lowest BCUT2D eigenvalue weighted by Gasteiger charge is -2.22. The van der Waals surface area contributed by atoms with Crippen molar-refractivity contribution in [2.24, 2.45) is 0 Å². The summed E-state index contributed by atoms with van der Waals surface area (Å²) in [5.41, 5.74) is 2.01. The Hall–Kier alpha value is -2.21. The SMILES string of the molecule is Cc1cc(C(=O)N2CCC[C@@H]2c2nnc3ccccn23)sc1C. The van der Waals surface area contributed by atoms with Gasteiger partial charge in [-0.05, 0) is 50.5 Å². The Morgan fingerprint density at radius 3 is 2.96 bits per heavy atom. The van der Waals surface area contributed by atoms with Crippen LogP contribution in [0, 0.1) is 13.8 Å². The van der Waals surface area contributed by atoms with Crippen molar-refractivity contribution in [1.82, 2.24) is 19.5 Å². The van der Waals surface area contributed by atoms with E-state index in [1.165, 1.54) is 10.4 Å². The van der Waals surface area contributed by atoms with Gasteiger partial charge in [-0.3, -0.25) is 9.20 Å². The van der Waals surface area contributed by atoms with Crippen molar-refractivity contribution >= 4 is 22.9 Å². The first-order valence-electron chi connectivity index (χ1n) is 7.83. The fraction of sp³-hybridized carbons (Fsp3) is 0.353. The van der Waals surface area contributed by atoms with Gasteiger partial charge >= 0.3 is 0 Å². The second-order valence-corrected chi connectivity index (χ2v) is 7.25. The maximum absolute atomic E-state index is 12.9. The Morgan fingerprint density at radius 2 is 2.17 bits per heavy atom. The predicted molar refractivity (Wildman–Crippen MR) is 89.8 cm³/mol. The van der Waals surface area contributed by atoms with Gasteiger partial charge in [0.2, 0.25) is 0 Å². The highest BCUT2D eigenvalue weighted by Crippen LogP contribution is 2.34. The topological polar surface area (TPSA) is 50.5 Å². The van der Waals surface area contributed by atoms with Crippen LogP contribution in [0.3, 0.4) is 0 Å². The van der Waals surface area contributed by atoms with Gasteiger partial charge in [-0.2, -0.15) is 0 Å². The van der Waals surface area contributed by atoms with Gasteiger partial charge in [-0.25, -0.2) is 0 Å². The molecule has 0 radical (unpaired) electrons. The summed E-state index contributed by atoms with van der Waals surface area (Å²) in [5.74, 6) is 0.970. The van der Waals surface area contributed by atoms with Gasteiger partial charge in [-0.15, -0.1) is 21.5 Å². The molecule has 4 heterocycles. The molecule has 6 heteroatoms. The average Bonchev–Trinajstić information content (AvgIpc) is 3.25. The van der Waals surface area contributed by atoms with Crippen LogP contribution in [-0.2, 0) is 0 Å². The van der Waals surface area contributed by atoms with Crippen LogP contribution >= 0.6 is 11.3 Å². The second kappa shape index (κ2) is 5.45. The van der Waals surface area contributed by atoms with Gasteiger partial charge in [0.05, 0.1) is 10.9 Å². The fourth-order valence-electron chi connectivity index (χ4n) is 3.19. The van der Waals surface area contributed by atoms with Gasteiger partial charge in [0.15, 0.2) is 11.5 Å². The van der Waals surface area contributed by atoms with E-state index >= 15 is 0 Å². The fourth-order valence-corrected chi connectivity index (χ4v) is 4.18. The molecule has 0 unspecified atom stereocenters. The number of likely N-dealkylation sites (tertiary alicyclic amines) is 1. The molecule has 1 aliphatic rings. The quantitative estimate of drug-likeness (QED) is 0.725. The van der Waals surface area contributed by atoms with E-state index in [0.29, 0.717) is 0 Å². The summed E-state index contributed by atoms with van der Waals surface area (Å²) in [4.78, 5) is 16.9. The van der Waals surface area contributed by atoms with Crippen molar-refractivity contribution in [3.05, 3.63) is 51.6 Å². The zero-order valence-corrected chi connectivity index (χ0v) is 14.0. The number of rotatable bonds is 2. The van der Waals surface area contributed by atoms with Crippen molar-refractivity contribution in [3.8, 4) is 0 Å². The van der Waals surface area contributed by atoms with E-state index in [1.54, 1.807) is 11.3 Å². The van der Waals surface area contributed by atoms with Gasteiger partial charge in [0.25, 0.3) is 5.91 Å². The number of nitrogens with zero attached hydrogens (tertiary/aromatic N) is 4. The standard InChI is InChI=1S/C17H18N4OS/c1-11-10-14(23-12(11)2)17(22)20-9-5-6-13(20)16-19-18-15-7-3-4-8-21(15)16/h3-4,7-8,10,13H,5-6,9H2,1-2H3/t13-/m1/s1. The molecule has 1 saturated heterocycles. The molecule has 3 aromatic rings.